The van der Waals surface area contributed by atoms with Crippen LogP contribution in [-0.4, -0.2) is 18.4 Å². The molecule has 2 rings (SSSR count). The number of H-pyrrole nitrogens is 1. The maximum absolute atomic E-state index is 11.9. The number of pyridine rings is 1. The van der Waals surface area contributed by atoms with Crippen LogP contribution in [0.25, 0.3) is 0 Å². The molecule has 2 heterocycles. The Hall–Kier alpha value is -1.37. The molecule has 2 N–H and O–H groups in total. The molecule has 7 heteroatoms. The van der Waals surface area contributed by atoms with Gasteiger partial charge in [-0.2, -0.15) is 0 Å². The van der Waals surface area contributed by atoms with E-state index in [1.807, 2.05) is 0 Å². The van der Waals surface area contributed by atoms with Crippen LogP contribution >= 0.6 is 11.6 Å². The summed E-state index contributed by atoms with van der Waals surface area (Å²) in [4.78, 5) is 6.57. The van der Waals surface area contributed by atoms with E-state index >= 15 is 0 Å². The van der Waals surface area contributed by atoms with E-state index in [1.54, 1.807) is 18.5 Å². The van der Waals surface area contributed by atoms with Crippen molar-refractivity contribution in [2.24, 2.45) is 0 Å². The molecule has 2 aromatic heterocycles. The molecule has 17 heavy (non-hydrogen) atoms. The Morgan fingerprint density at radius 3 is 2.88 bits per heavy atom. The number of rotatable bonds is 4. The van der Waals surface area contributed by atoms with Crippen LogP contribution in [0.5, 0.6) is 0 Å². The molecule has 0 atom stereocenters. The molecule has 0 radical (unpaired) electrons. The third-order valence-corrected chi connectivity index (χ3v) is 4.02. The summed E-state index contributed by atoms with van der Waals surface area (Å²) < 4.78 is 26.3. The Labute approximate surface area is 104 Å². The van der Waals surface area contributed by atoms with Gasteiger partial charge in [0.25, 0.3) is 0 Å². The molecule has 0 unspecified atom stereocenters. The third-order valence-electron chi connectivity index (χ3n) is 2.15. The molecule has 5 nitrogen and oxygen atoms in total. The molecule has 0 aliphatic heterocycles. The van der Waals surface area contributed by atoms with Gasteiger partial charge in [0.2, 0.25) is 10.0 Å². The Balaban J connectivity index is 2.17. The molecule has 0 fully saturated rings. The Morgan fingerprint density at radius 1 is 1.41 bits per heavy atom. The fourth-order valence-electron chi connectivity index (χ4n) is 1.29. The monoisotopic (exact) mass is 271 g/mol. The topological polar surface area (TPSA) is 74.8 Å². The summed E-state index contributed by atoms with van der Waals surface area (Å²) in [7, 11) is -3.63. The smallest absolute Gasteiger partial charge is 0.243 e. The zero-order valence-electron chi connectivity index (χ0n) is 8.72. The van der Waals surface area contributed by atoms with Crippen LogP contribution in [0.3, 0.4) is 0 Å². The van der Waals surface area contributed by atoms with Gasteiger partial charge in [0.05, 0.1) is 5.02 Å². The number of halogens is 1. The number of nitrogens with one attached hydrogen (secondary N) is 2. The van der Waals surface area contributed by atoms with E-state index in [-0.39, 0.29) is 16.5 Å². The molecule has 0 bridgehead atoms. The van der Waals surface area contributed by atoms with E-state index < -0.39 is 10.0 Å². The predicted octanol–water partition coefficient (Wildman–Crippen LogP) is 1.54. The summed E-state index contributed by atoms with van der Waals surface area (Å²) >= 11 is 5.80. The highest BCUT2D eigenvalue weighted by Crippen LogP contribution is 2.19. The van der Waals surface area contributed by atoms with Crippen molar-refractivity contribution in [1.82, 2.24) is 14.7 Å². The predicted molar refractivity (Wildman–Crippen MR) is 64.1 cm³/mol. The minimum absolute atomic E-state index is 0.0165. The van der Waals surface area contributed by atoms with Crippen LogP contribution in [0.15, 0.2) is 41.8 Å². The maximum atomic E-state index is 11.9. The second-order valence-electron chi connectivity index (χ2n) is 3.35. The standard InChI is InChI=1S/C10H10ClN3O2S/c11-9-2-4-13-7-10(9)17(15,16)14-6-8-1-3-12-5-8/h1-5,7,12,14H,6H2. The van der Waals surface area contributed by atoms with Crippen molar-refractivity contribution in [3.05, 3.63) is 47.5 Å². The van der Waals surface area contributed by atoms with Crippen LogP contribution in [0.2, 0.25) is 5.02 Å². The van der Waals surface area contributed by atoms with Gasteiger partial charge in [-0.25, -0.2) is 13.1 Å². The normalized spacial score (nSPS) is 11.6. The lowest BCUT2D eigenvalue weighted by Gasteiger charge is -2.06. The van der Waals surface area contributed by atoms with Crippen molar-refractivity contribution in [3.63, 3.8) is 0 Å². The van der Waals surface area contributed by atoms with Gasteiger partial charge in [-0.3, -0.25) is 4.98 Å². The Morgan fingerprint density at radius 2 is 2.24 bits per heavy atom. The van der Waals surface area contributed by atoms with Crippen molar-refractivity contribution in [3.8, 4) is 0 Å². The molecular formula is C10H10ClN3O2S. The first-order valence-corrected chi connectivity index (χ1v) is 6.66. The number of sulfonamides is 1. The van der Waals surface area contributed by atoms with Gasteiger partial charge in [0, 0.05) is 31.3 Å². The zero-order chi connectivity index (χ0) is 12.3. The molecule has 90 valence electrons. The molecule has 2 aromatic rings. The fraction of sp³-hybridized carbons (Fsp3) is 0.100. The third kappa shape index (κ3) is 2.85. The number of aromatic amines is 1. The van der Waals surface area contributed by atoms with Gasteiger partial charge in [0.1, 0.15) is 4.90 Å². The van der Waals surface area contributed by atoms with Crippen molar-refractivity contribution >= 4 is 21.6 Å². The molecule has 0 spiro atoms. The van der Waals surface area contributed by atoms with E-state index in [0.717, 1.165) is 5.56 Å². The van der Waals surface area contributed by atoms with Crippen LogP contribution in [0, 0.1) is 0 Å². The first kappa shape index (κ1) is 12.1. The Kier molecular flexibility index (Phi) is 3.46. The van der Waals surface area contributed by atoms with E-state index in [9.17, 15) is 8.42 Å². The number of hydrogen-bond donors (Lipinski definition) is 2. The second-order valence-corrected chi connectivity index (χ2v) is 5.49. The number of nitrogens with zero attached hydrogens (tertiary/aromatic N) is 1. The van der Waals surface area contributed by atoms with E-state index in [0.29, 0.717) is 0 Å². The summed E-state index contributed by atoms with van der Waals surface area (Å²) in [5.41, 5.74) is 0.841. The average Bonchev–Trinajstić information content (AvgIpc) is 2.80. The van der Waals surface area contributed by atoms with Crippen LogP contribution in [0.1, 0.15) is 5.56 Å². The first-order chi connectivity index (χ1) is 8.09. The lowest BCUT2D eigenvalue weighted by Crippen LogP contribution is -2.23. The minimum Gasteiger partial charge on any atom is -0.367 e. The highest BCUT2D eigenvalue weighted by Gasteiger charge is 2.17. The lowest BCUT2D eigenvalue weighted by atomic mass is 10.4. The van der Waals surface area contributed by atoms with Crippen LogP contribution < -0.4 is 4.72 Å². The zero-order valence-corrected chi connectivity index (χ0v) is 10.3. The van der Waals surface area contributed by atoms with Crippen LogP contribution in [-0.2, 0) is 16.6 Å². The van der Waals surface area contributed by atoms with E-state index in [2.05, 4.69) is 14.7 Å². The summed E-state index contributed by atoms with van der Waals surface area (Å²) in [6, 6.07) is 3.22. The van der Waals surface area contributed by atoms with Crippen molar-refractivity contribution in [1.29, 1.82) is 0 Å². The molecule has 0 aliphatic rings. The highest BCUT2D eigenvalue weighted by atomic mass is 35.5. The van der Waals surface area contributed by atoms with Gasteiger partial charge in [-0.05, 0) is 17.7 Å². The van der Waals surface area contributed by atoms with Gasteiger partial charge in [0.15, 0.2) is 0 Å². The van der Waals surface area contributed by atoms with Gasteiger partial charge >= 0.3 is 0 Å². The second kappa shape index (κ2) is 4.87. The van der Waals surface area contributed by atoms with E-state index in [1.165, 1.54) is 18.5 Å². The lowest BCUT2D eigenvalue weighted by molar-refractivity contribution is 0.581. The summed E-state index contributed by atoms with van der Waals surface area (Å²) in [5, 5.41) is 0.154. The first-order valence-electron chi connectivity index (χ1n) is 4.80. The largest absolute Gasteiger partial charge is 0.367 e. The highest BCUT2D eigenvalue weighted by molar-refractivity contribution is 7.89. The quantitative estimate of drug-likeness (QED) is 0.886. The van der Waals surface area contributed by atoms with Gasteiger partial charge in [-0.1, -0.05) is 11.6 Å². The molecule has 0 aromatic carbocycles. The Bertz CT molecular complexity index is 596. The summed E-state index contributed by atoms with van der Waals surface area (Å²) in [6.45, 7) is 0.205. The fourth-order valence-corrected chi connectivity index (χ4v) is 2.73. The summed E-state index contributed by atoms with van der Waals surface area (Å²) in [6.07, 6.45) is 6.10. The SMILES string of the molecule is O=S(=O)(NCc1cc[nH]c1)c1cnccc1Cl. The van der Waals surface area contributed by atoms with E-state index in [4.69, 9.17) is 11.6 Å². The molecular weight excluding hydrogens is 262 g/mol. The molecule has 0 amide bonds. The molecule has 0 saturated heterocycles. The molecule has 0 saturated carbocycles. The number of hydrogen-bond acceptors (Lipinski definition) is 3. The number of aromatic nitrogens is 2. The van der Waals surface area contributed by atoms with Crippen molar-refractivity contribution in [2.75, 3.05) is 0 Å². The summed E-state index contributed by atoms with van der Waals surface area (Å²) in [5.74, 6) is 0. The van der Waals surface area contributed by atoms with Crippen LogP contribution in [0.4, 0.5) is 0 Å². The molecule has 0 aliphatic carbocycles. The average molecular weight is 272 g/mol. The van der Waals surface area contributed by atoms with Gasteiger partial charge in [-0.15, -0.1) is 0 Å². The van der Waals surface area contributed by atoms with Gasteiger partial charge < -0.3 is 4.98 Å². The minimum atomic E-state index is -3.63. The van der Waals surface area contributed by atoms with Crippen molar-refractivity contribution < 1.29 is 8.42 Å². The maximum Gasteiger partial charge on any atom is 0.243 e. The van der Waals surface area contributed by atoms with Crippen molar-refractivity contribution in [2.45, 2.75) is 11.4 Å².